The minimum absolute atomic E-state index is 0.139. The van der Waals surface area contributed by atoms with E-state index in [0.29, 0.717) is 6.61 Å². The van der Waals surface area contributed by atoms with Gasteiger partial charge in [-0.1, -0.05) is 6.07 Å². The van der Waals surface area contributed by atoms with E-state index in [-0.39, 0.29) is 5.60 Å². The van der Waals surface area contributed by atoms with Gasteiger partial charge in [0.1, 0.15) is 0 Å². The van der Waals surface area contributed by atoms with Crippen LogP contribution in [0.5, 0.6) is 0 Å². The average Bonchev–Trinajstić information content (AvgIpc) is 3.01. The van der Waals surface area contributed by atoms with Gasteiger partial charge >= 0.3 is 0 Å². The summed E-state index contributed by atoms with van der Waals surface area (Å²) >= 11 is 1.70. The summed E-state index contributed by atoms with van der Waals surface area (Å²) in [6.07, 6.45) is 2.75. The third kappa shape index (κ3) is 6.22. The number of benzene rings is 1. The first-order valence-corrected chi connectivity index (χ1v) is 9.97. The standard InChI is InChI=1S/C21H31N3OS/c1-8-24(7)14-22-19-10-15(2)17(9-16(19)3)11-20-23-18(13-26-20)12-25-21(4,5)6/h9-10,13-14H,8,11-12H2,1-7H3. The van der Waals surface area contributed by atoms with Crippen LogP contribution in [-0.4, -0.2) is 35.4 Å². The van der Waals surface area contributed by atoms with Crippen LogP contribution in [-0.2, 0) is 17.8 Å². The molecule has 2 rings (SSSR count). The molecule has 1 aromatic heterocycles. The number of thiazole rings is 1. The number of nitrogens with zero attached hydrogens (tertiary/aromatic N) is 3. The summed E-state index contributed by atoms with van der Waals surface area (Å²) in [6.45, 7) is 14.1. The van der Waals surface area contributed by atoms with Crippen molar-refractivity contribution >= 4 is 23.4 Å². The van der Waals surface area contributed by atoms with Crippen molar-refractivity contribution in [3.8, 4) is 0 Å². The molecule has 0 spiro atoms. The third-order valence-corrected chi connectivity index (χ3v) is 5.04. The molecule has 0 aliphatic heterocycles. The lowest BCUT2D eigenvalue weighted by Crippen LogP contribution is -2.18. The summed E-state index contributed by atoms with van der Waals surface area (Å²) in [7, 11) is 2.03. The summed E-state index contributed by atoms with van der Waals surface area (Å²) in [5, 5.41) is 3.23. The van der Waals surface area contributed by atoms with Crippen LogP contribution in [0.3, 0.4) is 0 Å². The fraction of sp³-hybridized carbons (Fsp3) is 0.524. The predicted octanol–water partition coefficient (Wildman–Crippen LogP) is 5.28. The lowest BCUT2D eigenvalue weighted by Gasteiger charge is -2.18. The maximum Gasteiger partial charge on any atom is 0.0973 e. The van der Waals surface area contributed by atoms with Crippen LogP contribution in [0, 0.1) is 13.8 Å². The average molecular weight is 374 g/mol. The molecule has 0 aliphatic carbocycles. The van der Waals surface area contributed by atoms with Gasteiger partial charge in [0.05, 0.1) is 34.9 Å². The molecule has 4 nitrogen and oxygen atoms in total. The fourth-order valence-electron chi connectivity index (χ4n) is 2.38. The van der Waals surface area contributed by atoms with Gasteiger partial charge in [-0.05, 0) is 64.3 Å². The minimum Gasteiger partial charge on any atom is -0.370 e. The second-order valence-electron chi connectivity index (χ2n) is 7.69. The van der Waals surface area contributed by atoms with Gasteiger partial charge in [0.25, 0.3) is 0 Å². The van der Waals surface area contributed by atoms with Crippen molar-refractivity contribution in [3.05, 3.63) is 44.9 Å². The Hall–Kier alpha value is -1.72. The zero-order chi connectivity index (χ0) is 19.3. The van der Waals surface area contributed by atoms with Gasteiger partial charge < -0.3 is 9.64 Å². The molecule has 0 N–H and O–H groups in total. The highest BCUT2D eigenvalue weighted by Crippen LogP contribution is 2.26. The number of rotatable bonds is 7. The van der Waals surface area contributed by atoms with E-state index in [1.54, 1.807) is 11.3 Å². The van der Waals surface area contributed by atoms with Gasteiger partial charge in [-0.3, -0.25) is 0 Å². The molecule has 0 atom stereocenters. The summed E-state index contributed by atoms with van der Waals surface area (Å²) < 4.78 is 5.82. The zero-order valence-corrected chi connectivity index (χ0v) is 17.9. The van der Waals surface area contributed by atoms with Crippen LogP contribution in [0.25, 0.3) is 0 Å². The molecule has 0 saturated heterocycles. The van der Waals surface area contributed by atoms with E-state index in [0.717, 1.165) is 29.4 Å². The highest BCUT2D eigenvalue weighted by molar-refractivity contribution is 7.09. The summed E-state index contributed by atoms with van der Waals surface area (Å²) in [5.74, 6) is 0. The Balaban J connectivity index is 2.09. The number of hydrogen-bond donors (Lipinski definition) is 0. The lowest BCUT2D eigenvalue weighted by molar-refractivity contribution is -0.0163. The molecule has 0 fully saturated rings. The van der Waals surface area contributed by atoms with Crippen molar-refractivity contribution in [3.63, 3.8) is 0 Å². The van der Waals surface area contributed by atoms with Crippen LogP contribution in [0.4, 0.5) is 5.69 Å². The van der Waals surface area contributed by atoms with Gasteiger partial charge in [0.15, 0.2) is 0 Å². The van der Waals surface area contributed by atoms with Crippen molar-refractivity contribution in [1.82, 2.24) is 9.88 Å². The van der Waals surface area contributed by atoms with E-state index in [9.17, 15) is 0 Å². The molecule has 1 aromatic carbocycles. The van der Waals surface area contributed by atoms with E-state index in [4.69, 9.17) is 9.72 Å². The van der Waals surface area contributed by atoms with Crippen LogP contribution >= 0.6 is 11.3 Å². The first-order valence-electron chi connectivity index (χ1n) is 9.09. The van der Waals surface area contributed by atoms with Gasteiger partial charge in [0, 0.05) is 25.4 Å². The number of aryl methyl sites for hydroxylation is 2. The monoisotopic (exact) mass is 373 g/mol. The second-order valence-corrected chi connectivity index (χ2v) is 8.64. The topological polar surface area (TPSA) is 37.7 Å². The Kier molecular flexibility index (Phi) is 6.95. The molecular weight excluding hydrogens is 342 g/mol. The van der Waals surface area contributed by atoms with E-state index in [2.05, 4.69) is 68.9 Å². The third-order valence-electron chi connectivity index (χ3n) is 4.14. The molecule has 142 valence electrons. The van der Waals surface area contributed by atoms with Gasteiger partial charge in [-0.2, -0.15) is 0 Å². The largest absolute Gasteiger partial charge is 0.370 e. The Bertz CT molecular complexity index is 759. The van der Waals surface area contributed by atoms with Crippen LogP contribution in [0.1, 0.15) is 55.1 Å². The lowest BCUT2D eigenvalue weighted by atomic mass is 10.0. The second kappa shape index (κ2) is 8.78. The van der Waals surface area contributed by atoms with Gasteiger partial charge in [-0.25, -0.2) is 9.98 Å². The molecule has 0 amide bonds. The predicted molar refractivity (Wildman–Crippen MR) is 112 cm³/mol. The molecule has 2 aromatic rings. The molecule has 26 heavy (non-hydrogen) atoms. The van der Waals surface area contributed by atoms with Crippen molar-refractivity contribution in [2.45, 2.75) is 60.2 Å². The maximum absolute atomic E-state index is 5.82. The molecule has 0 bridgehead atoms. The molecular formula is C21H31N3OS. The molecule has 0 radical (unpaired) electrons. The Labute approximate surface area is 161 Å². The Morgan fingerprint density at radius 2 is 1.96 bits per heavy atom. The maximum atomic E-state index is 5.82. The quantitative estimate of drug-likeness (QED) is 0.490. The summed E-state index contributed by atoms with van der Waals surface area (Å²) in [6, 6.07) is 4.41. The first-order chi connectivity index (χ1) is 12.2. The van der Waals surface area contributed by atoms with Crippen LogP contribution < -0.4 is 0 Å². The zero-order valence-electron chi connectivity index (χ0n) is 17.1. The summed E-state index contributed by atoms with van der Waals surface area (Å²) in [4.78, 5) is 11.4. The Morgan fingerprint density at radius 1 is 1.23 bits per heavy atom. The summed E-state index contributed by atoms with van der Waals surface area (Å²) in [5.41, 5.74) is 5.66. The molecule has 0 unspecified atom stereocenters. The first kappa shape index (κ1) is 20.6. The Morgan fingerprint density at radius 3 is 2.62 bits per heavy atom. The normalized spacial score (nSPS) is 12.1. The fourth-order valence-corrected chi connectivity index (χ4v) is 3.18. The van der Waals surface area contributed by atoms with E-state index >= 15 is 0 Å². The molecule has 1 heterocycles. The smallest absolute Gasteiger partial charge is 0.0973 e. The highest BCUT2D eigenvalue weighted by Gasteiger charge is 2.12. The molecule has 0 saturated carbocycles. The SMILES string of the molecule is CCN(C)C=Nc1cc(C)c(Cc2nc(COC(C)(C)C)cs2)cc1C. The van der Waals surface area contributed by atoms with E-state index in [1.807, 2.05) is 13.4 Å². The van der Waals surface area contributed by atoms with E-state index < -0.39 is 0 Å². The van der Waals surface area contributed by atoms with E-state index in [1.165, 1.54) is 16.7 Å². The van der Waals surface area contributed by atoms with Crippen molar-refractivity contribution in [2.24, 2.45) is 4.99 Å². The van der Waals surface area contributed by atoms with Crippen LogP contribution in [0.15, 0.2) is 22.5 Å². The highest BCUT2D eigenvalue weighted by atomic mass is 32.1. The minimum atomic E-state index is -0.139. The van der Waals surface area contributed by atoms with Crippen molar-refractivity contribution < 1.29 is 4.74 Å². The van der Waals surface area contributed by atoms with Crippen molar-refractivity contribution in [2.75, 3.05) is 13.6 Å². The van der Waals surface area contributed by atoms with Crippen LogP contribution in [0.2, 0.25) is 0 Å². The van der Waals surface area contributed by atoms with Crippen molar-refractivity contribution in [1.29, 1.82) is 0 Å². The number of hydrogen-bond acceptors (Lipinski definition) is 4. The number of aromatic nitrogens is 1. The number of ether oxygens (including phenoxy) is 1. The van der Waals surface area contributed by atoms with Gasteiger partial charge in [0.2, 0.25) is 0 Å². The van der Waals surface area contributed by atoms with Gasteiger partial charge in [-0.15, -0.1) is 11.3 Å². The molecule has 0 aliphatic rings. The number of aliphatic imine (C=N–C) groups is 1. The molecule has 5 heteroatoms.